The molecule has 1 N–H and O–H groups in total. The predicted octanol–water partition coefficient (Wildman–Crippen LogP) is 3.18. The van der Waals surface area contributed by atoms with Crippen LogP contribution in [0.5, 0.6) is 0 Å². The predicted molar refractivity (Wildman–Crippen MR) is 77.5 cm³/mol. The molecule has 0 atom stereocenters. The Morgan fingerprint density at radius 2 is 2.17 bits per heavy atom. The van der Waals surface area contributed by atoms with E-state index in [0.29, 0.717) is 6.04 Å². The molecule has 4 heteroatoms. The molecule has 1 aliphatic heterocycles. The number of anilines is 1. The van der Waals surface area contributed by atoms with Gasteiger partial charge in [-0.25, -0.2) is 4.98 Å². The van der Waals surface area contributed by atoms with Gasteiger partial charge in [-0.2, -0.15) is 11.8 Å². The number of rotatable bonds is 3. The Kier molecular flexibility index (Phi) is 3.55. The highest BCUT2D eigenvalue weighted by Gasteiger charge is 2.13. The highest BCUT2D eigenvalue weighted by atomic mass is 32.2. The Labute approximate surface area is 112 Å². The Morgan fingerprint density at radius 3 is 2.94 bits per heavy atom. The minimum atomic E-state index is 0.629. The quantitative estimate of drug-likeness (QED) is 0.918. The summed E-state index contributed by atoms with van der Waals surface area (Å²) in [6.45, 7) is 0. The first kappa shape index (κ1) is 11.7. The minimum absolute atomic E-state index is 0.629. The fraction of sp³-hybridized carbons (Fsp3) is 0.357. The van der Waals surface area contributed by atoms with E-state index in [-0.39, 0.29) is 0 Å². The normalized spacial score (nSPS) is 16.7. The van der Waals surface area contributed by atoms with Crippen molar-refractivity contribution in [3.8, 4) is 5.69 Å². The Morgan fingerprint density at radius 1 is 1.28 bits per heavy atom. The first-order valence-electron chi connectivity index (χ1n) is 6.34. The average Bonchev–Trinajstić information content (AvgIpc) is 2.94. The van der Waals surface area contributed by atoms with Gasteiger partial charge in [0.15, 0.2) is 0 Å². The van der Waals surface area contributed by atoms with E-state index in [1.165, 1.54) is 30.0 Å². The molecule has 1 saturated heterocycles. The van der Waals surface area contributed by atoms with Crippen molar-refractivity contribution in [3.05, 3.63) is 43.0 Å². The van der Waals surface area contributed by atoms with Crippen LogP contribution in [-0.2, 0) is 0 Å². The lowest BCUT2D eigenvalue weighted by atomic mass is 10.1. The lowest BCUT2D eigenvalue weighted by molar-refractivity contribution is 0.667. The second-order valence-electron chi connectivity index (χ2n) is 4.55. The summed E-state index contributed by atoms with van der Waals surface area (Å²) in [4.78, 5) is 4.08. The van der Waals surface area contributed by atoms with Crippen LogP contribution in [0.15, 0.2) is 43.0 Å². The summed E-state index contributed by atoms with van der Waals surface area (Å²) in [5.41, 5.74) is 2.36. The molecule has 1 aliphatic rings. The second kappa shape index (κ2) is 5.48. The summed E-state index contributed by atoms with van der Waals surface area (Å²) in [7, 11) is 0. The molecule has 0 saturated carbocycles. The zero-order valence-corrected chi connectivity index (χ0v) is 11.1. The summed E-state index contributed by atoms with van der Waals surface area (Å²) in [5.74, 6) is 2.55. The van der Waals surface area contributed by atoms with E-state index in [9.17, 15) is 0 Å². The van der Waals surface area contributed by atoms with Gasteiger partial charge in [0.05, 0.1) is 6.33 Å². The van der Waals surface area contributed by atoms with Crippen molar-refractivity contribution >= 4 is 17.4 Å². The molecule has 94 valence electrons. The highest BCUT2D eigenvalue weighted by molar-refractivity contribution is 7.99. The Bertz CT molecular complexity index is 490. The number of thioether (sulfide) groups is 1. The average molecular weight is 259 g/mol. The molecule has 2 aromatic rings. The smallest absolute Gasteiger partial charge is 0.0991 e. The molecule has 0 spiro atoms. The number of nitrogens with zero attached hydrogens (tertiary/aromatic N) is 2. The van der Waals surface area contributed by atoms with Crippen LogP contribution in [-0.4, -0.2) is 27.1 Å². The molecule has 18 heavy (non-hydrogen) atoms. The van der Waals surface area contributed by atoms with E-state index >= 15 is 0 Å². The molecule has 1 aromatic heterocycles. The molecule has 1 aromatic carbocycles. The standard InChI is InChI=1S/C14H17N3S/c1-2-13(16-12-4-8-18-9-5-12)10-14(3-1)17-7-6-15-11-17/h1-3,6-7,10-12,16H,4-5,8-9H2. The van der Waals surface area contributed by atoms with Crippen LogP contribution in [0.4, 0.5) is 5.69 Å². The zero-order chi connectivity index (χ0) is 12.2. The van der Waals surface area contributed by atoms with Crippen LogP contribution in [0.25, 0.3) is 5.69 Å². The molecule has 0 radical (unpaired) electrons. The van der Waals surface area contributed by atoms with E-state index < -0.39 is 0 Å². The molecule has 0 amide bonds. The van der Waals surface area contributed by atoms with Crippen molar-refractivity contribution in [2.45, 2.75) is 18.9 Å². The molecule has 3 nitrogen and oxygen atoms in total. The fourth-order valence-electron chi connectivity index (χ4n) is 2.25. The Hall–Kier alpha value is -1.42. The van der Waals surface area contributed by atoms with Crippen molar-refractivity contribution in [1.29, 1.82) is 0 Å². The van der Waals surface area contributed by atoms with Crippen LogP contribution in [0, 0.1) is 0 Å². The van der Waals surface area contributed by atoms with Gasteiger partial charge in [0.2, 0.25) is 0 Å². The monoisotopic (exact) mass is 259 g/mol. The van der Waals surface area contributed by atoms with E-state index in [4.69, 9.17) is 0 Å². The van der Waals surface area contributed by atoms with Gasteiger partial charge in [0.25, 0.3) is 0 Å². The summed E-state index contributed by atoms with van der Waals surface area (Å²) < 4.78 is 2.03. The summed E-state index contributed by atoms with van der Waals surface area (Å²) in [6.07, 6.45) is 8.13. The van der Waals surface area contributed by atoms with Crippen molar-refractivity contribution in [1.82, 2.24) is 9.55 Å². The van der Waals surface area contributed by atoms with Gasteiger partial charge in [0, 0.05) is 29.8 Å². The molecule has 0 unspecified atom stereocenters. The maximum Gasteiger partial charge on any atom is 0.0991 e. The molecule has 1 fully saturated rings. The van der Waals surface area contributed by atoms with E-state index in [0.717, 1.165) is 5.69 Å². The van der Waals surface area contributed by atoms with E-state index in [1.54, 1.807) is 6.20 Å². The Balaban J connectivity index is 1.74. The highest BCUT2D eigenvalue weighted by Crippen LogP contribution is 2.22. The van der Waals surface area contributed by atoms with Gasteiger partial charge in [-0.3, -0.25) is 0 Å². The minimum Gasteiger partial charge on any atom is -0.382 e. The van der Waals surface area contributed by atoms with Gasteiger partial charge in [-0.1, -0.05) is 6.07 Å². The lowest BCUT2D eigenvalue weighted by Gasteiger charge is -2.23. The maximum absolute atomic E-state index is 4.08. The van der Waals surface area contributed by atoms with E-state index in [1.807, 2.05) is 17.1 Å². The third-order valence-corrected chi connectivity index (χ3v) is 4.29. The van der Waals surface area contributed by atoms with Gasteiger partial charge in [-0.15, -0.1) is 0 Å². The van der Waals surface area contributed by atoms with Crippen LogP contribution >= 0.6 is 11.8 Å². The second-order valence-corrected chi connectivity index (χ2v) is 5.78. The van der Waals surface area contributed by atoms with Gasteiger partial charge < -0.3 is 9.88 Å². The van der Waals surface area contributed by atoms with Crippen LogP contribution < -0.4 is 5.32 Å². The van der Waals surface area contributed by atoms with Gasteiger partial charge in [-0.05, 0) is 42.5 Å². The number of nitrogens with one attached hydrogen (secondary N) is 1. The van der Waals surface area contributed by atoms with E-state index in [2.05, 4.69) is 46.3 Å². The summed E-state index contributed by atoms with van der Waals surface area (Å²) in [5, 5.41) is 3.64. The lowest BCUT2D eigenvalue weighted by Crippen LogP contribution is -2.24. The molecule has 0 aliphatic carbocycles. The van der Waals surface area contributed by atoms with Crippen LogP contribution in [0.3, 0.4) is 0 Å². The van der Waals surface area contributed by atoms with Crippen molar-refractivity contribution in [2.24, 2.45) is 0 Å². The van der Waals surface area contributed by atoms with Crippen molar-refractivity contribution in [3.63, 3.8) is 0 Å². The molecule has 3 rings (SSSR count). The molecular formula is C14H17N3S. The molecule has 0 bridgehead atoms. The third-order valence-electron chi connectivity index (χ3n) is 3.24. The summed E-state index contributed by atoms with van der Waals surface area (Å²) >= 11 is 2.06. The summed E-state index contributed by atoms with van der Waals surface area (Å²) in [6, 6.07) is 9.15. The van der Waals surface area contributed by atoms with Crippen LogP contribution in [0.2, 0.25) is 0 Å². The van der Waals surface area contributed by atoms with Crippen molar-refractivity contribution in [2.75, 3.05) is 16.8 Å². The zero-order valence-electron chi connectivity index (χ0n) is 10.2. The number of imidazole rings is 1. The first-order chi connectivity index (χ1) is 8.92. The molecular weight excluding hydrogens is 242 g/mol. The third kappa shape index (κ3) is 2.70. The fourth-order valence-corrected chi connectivity index (χ4v) is 3.35. The number of hydrogen-bond acceptors (Lipinski definition) is 3. The topological polar surface area (TPSA) is 29.9 Å². The maximum atomic E-state index is 4.08. The van der Waals surface area contributed by atoms with Gasteiger partial charge in [0.1, 0.15) is 0 Å². The molecule has 2 heterocycles. The number of aromatic nitrogens is 2. The van der Waals surface area contributed by atoms with Crippen molar-refractivity contribution < 1.29 is 0 Å². The SMILES string of the molecule is c1cc(NC2CCSCC2)cc(-n2ccnc2)c1. The number of hydrogen-bond donors (Lipinski definition) is 1. The largest absolute Gasteiger partial charge is 0.382 e. The van der Waals surface area contributed by atoms with Crippen LogP contribution in [0.1, 0.15) is 12.8 Å². The number of benzene rings is 1. The van der Waals surface area contributed by atoms with Gasteiger partial charge >= 0.3 is 0 Å². The first-order valence-corrected chi connectivity index (χ1v) is 7.50.